The number of esters is 2. The molecule has 0 aliphatic rings. The molecule has 0 N–H and O–H groups in total. The molecule has 4 nitrogen and oxygen atoms in total. The van der Waals surface area contributed by atoms with E-state index in [9.17, 15) is 9.59 Å². The SMILES string of the molecule is CCCCCCCCCCCOC(=O)/C=C/C(=O)OC(C)CCCCCCCC. The van der Waals surface area contributed by atoms with Gasteiger partial charge in [-0.1, -0.05) is 97.3 Å². The molecule has 170 valence electrons. The molecule has 29 heavy (non-hydrogen) atoms. The Morgan fingerprint density at radius 2 is 1.10 bits per heavy atom. The van der Waals surface area contributed by atoms with Crippen molar-refractivity contribution in [1.82, 2.24) is 0 Å². The summed E-state index contributed by atoms with van der Waals surface area (Å²) in [6.07, 6.45) is 21.5. The molecule has 1 atom stereocenters. The van der Waals surface area contributed by atoms with Gasteiger partial charge in [0, 0.05) is 12.2 Å². The maximum Gasteiger partial charge on any atom is 0.331 e. The number of hydrogen-bond donors (Lipinski definition) is 0. The number of carbonyl (C=O) groups is 2. The highest BCUT2D eigenvalue weighted by Crippen LogP contribution is 2.11. The summed E-state index contributed by atoms with van der Waals surface area (Å²) in [6, 6.07) is 0. The molecule has 0 aromatic heterocycles. The van der Waals surface area contributed by atoms with Crippen molar-refractivity contribution >= 4 is 11.9 Å². The summed E-state index contributed by atoms with van der Waals surface area (Å²) < 4.78 is 10.4. The van der Waals surface area contributed by atoms with Gasteiger partial charge in [0.25, 0.3) is 0 Å². The maximum atomic E-state index is 11.8. The third kappa shape index (κ3) is 21.2. The van der Waals surface area contributed by atoms with Crippen LogP contribution in [-0.4, -0.2) is 24.6 Å². The van der Waals surface area contributed by atoms with Gasteiger partial charge in [-0.05, 0) is 26.2 Å². The van der Waals surface area contributed by atoms with Crippen LogP contribution < -0.4 is 0 Å². The van der Waals surface area contributed by atoms with Crippen LogP contribution >= 0.6 is 0 Å². The lowest BCUT2D eigenvalue weighted by Crippen LogP contribution is -2.13. The summed E-state index contributed by atoms with van der Waals surface area (Å²) in [7, 11) is 0. The number of ether oxygens (including phenoxy) is 2. The first kappa shape index (κ1) is 27.7. The van der Waals surface area contributed by atoms with Crippen molar-refractivity contribution in [1.29, 1.82) is 0 Å². The highest BCUT2D eigenvalue weighted by atomic mass is 16.5. The second kappa shape index (κ2) is 21.4. The number of hydrogen-bond acceptors (Lipinski definition) is 4. The fraction of sp³-hybridized carbons (Fsp3) is 0.840. The van der Waals surface area contributed by atoms with Crippen molar-refractivity contribution in [3.05, 3.63) is 12.2 Å². The largest absolute Gasteiger partial charge is 0.463 e. The van der Waals surface area contributed by atoms with E-state index >= 15 is 0 Å². The Morgan fingerprint density at radius 1 is 0.655 bits per heavy atom. The van der Waals surface area contributed by atoms with Gasteiger partial charge in [-0.25, -0.2) is 9.59 Å². The standard InChI is InChI=1S/C25H46O4/c1-4-6-8-10-12-13-14-16-18-22-28-24(26)20-21-25(27)29-23(3)19-17-15-11-9-7-5-2/h20-21,23H,4-19,22H2,1-3H3/b21-20+. The molecule has 0 radical (unpaired) electrons. The molecule has 0 heterocycles. The summed E-state index contributed by atoms with van der Waals surface area (Å²) in [5.41, 5.74) is 0. The molecule has 0 aromatic carbocycles. The average Bonchev–Trinajstić information content (AvgIpc) is 2.70. The van der Waals surface area contributed by atoms with Gasteiger partial charge >= 0.3 is 11.9 Å². The Kier molecular flexibility index (Phi) is 20.4. The molecule has 0 aliphatic heterocycles. The molecule has 0 aliphatic carbocycles. The molecule has 0 saturated carbocycles. The Labute approximate surface area is 179 Å². The van der Waals surface area contributed by atoms with Crippen LogP contribution in [0.15, 0.2) is 12.2 Å². The van der Waals surface area contributed by atoms with Crippen LogP contribution in [0.3, 0.4) is 0 Å². The lowest BCUT2D eigenvalue weighted by atomic mass is 10.1. The first-order valence-corrected chi connectivity index (χ1v) is 12.2. The van der Waals surface area contributed by atoms with Crippen LogP contribution in [0.2, 0.25) is 0 Å². The van der Waals surface area contributed by atoms with Gasteiger partial charge in [-0.15, -0.1) is 0 Å². The van der Waals surface area contributed by atoms with E-state index in [0.717, 1.165) is 25.7 Å². The van der Waals surface area contributed by atoms with Crippen molar-refractivity contribution in [3.8, 4) is 0 Å². The predicted octanol–water partition coefficient (Wildman–Crippen LogP) is 7.30. The van der Waals surface area contributed by atoms with E-state index in [1.807, 2.05) is 6.92 Å². The summed E-state index contributed by atoms with van der Waals surface area (Å²) >= 11 is 0. The molecule has 4 heteroatoms. The Morgan fingerprint density at radius 3 is 1.66 bits per heavy atom. The van der Waals surface area contributed by atoms with E-state index in [1.165, 1.54) is 89.2 Å². The van der Waals surface area contributed by atoms with Crippen molar-refractivity contribution < 1.29 is 19.1 Å². The zero-order valence-corrected chi connectivity index (χ0v) is 19.4. The van der Waals surface area contributed by atoms with Gasteiger partial charge in [0.1, 0.15) is 0 Å². The zero-order valence-electron chi connectivity index (χ0n) is 19.4. The predicted molar refractivity (Wildman–Crippen MR) is 121 cm³/mol. The highest BCUT2D eigenvalue weighted by Gasteiger charge is 2.07. The Hall–Kier alpha value is -1.32. The van der Waals surface area contributed by atoms with E-state index < -0.39 is 11.9 Å². The van der Waals surface area contributed by atoms with Crippen molar-refractivity contribution in [2.24, 2.45) is 0 Å². The van der Waals surface area contributed by atoms with Crippen molar-refractivity contribution in [2.45, 2.75) is 130 Å². The molecule has 0 amide bonds. The molecule has 1 unspecified atom stereocenters. The number of unbranched alkanes of at least 4 members (excludes halogenated alkanes) is 13. The third-order valence-electron chi connectivity index (χ3n) is 5.13. The fourth-order valence-electron chi connectivity index (χ4n) is 3.28. The van der Waals surface area contributed by atoms with Crippen LogP contribution in [0.4, 0.5) is 0 Å². The topological polar surface area (TPSA) is 52.6 Å². The number of carbonyl (C=O) groups excluding carboxylic acids is 2. The van der Waals surface area contributed by atoms with E-state index in [0.29, 0.717) is 6.61 Å². The fourth-order valence-corrected chi connectivity index (χ4v) is 3.28. The van der Waals surface area contributed by atoms with Crippen molar-refractivity contribution in [3.63, 3.8) is 0 Å². The van der Waals surface area contributed by atoms with E-state index in [-0.39, 0.29) is 6.10 Å². The monoisotopic (exact) mass is 410 g/mol. The van der Waals surface area contributed by atoms with Crippen LogP contribution in [0.25, 0.3) is 0 Å². The van der Waals surface area contributed by atoms with Crippen LogP contribution in [0.1, 0.15) is 124 Å². The highest BCUT2D eigenvalue weighted by molar-refractivity contribution is 5.91. The van der Waals surface area contributed by atoms with Gasteiger partial charge in [0.15, 0.2) is 0 Å². The summed E-state index contributed by atoms with van der Waals surface area (Å²) in [6.45, 7) is 6.77. The molecular weight excluding hydrogens is 364 g/mol. The molecule has 0 bridgehead atoms. The van der Waals surface area contributed by atoms with Crippen LogP contribution in [0, 0.1) is 0 Å². The molecule has 0 aromatic rings. The first-order valence-electron chi connectivity index (χ1n) is 12.2. The van der Waals surface area contributed by atoms with E-state index in [1.54, 1.807) is 0 Å². The second-order valence-electron chi connectivity index (χ2n) is 8.13. The number of rotatable bonds is 20. The molecule has 0 fully saturated rings. The Bertz CT molecular complexity index is 417. The minimum atomic E-state index is -0.469. The van der Waals surface area contributed by atoms with E-state index in [2.05, 4.69) is 13.8 Å². The van der Waals surface area contributed by atoms with Crippen molar-refractivity contribution in [2.75, 3.05) is 6.61 Å². The first-order chi connectivity index (χ1) is 14.1. The summed E-state index contributed by atoms with van der Waals surface area (Å²) in [5, 5.41) is 0. The normalized spacial score (nSPS) is 12.2. The van der Waals surface area contributed by atoms with Gasteiger partial charge in [-0.2, -0.15) is 0 Å². The Balaban J connectivity index is 3.58. The van der Waals surface area contributed by atoms with E-state index in [4.69, 9.17) is 9.47 Å². The quantitative estimate of drug-likeness (QED) is 0.120. The van der Waals surface area contributed by atoms with Gasteiger partial charge < -0.3 is 9.47 Å². The van der Waals surface area contributed by atoms with Gasteiger partial charge in [0.2, 0.25) is 0 Å². The molecule has 0 rings (SSSR count). The maximum absolute atomic E-state index is 11.8. The lowest BCUT2D eigenvalue weighted by molar-refractivity contribution is -0.143. The smallest absolute Gasteiger partial charge is 0.331 e. The molecular formula is C25H46O4. The lowest BCUT2D eigenvalue weighted by Gasteiger charge is -2.11. The zero-order chi connectivity index (χ0) is 21.6. The third-order valence-corrected chi connectivity index (χ3v) is 5.13. The molecule has 0 saturated heterocycles. The van der Waals surface area contributed by atoms with Crippen LogP contribution in [0.5, 0.6) is 0 Å². The summed E-state index contributed by atoms with van der Waals surface area (Å²) in [4.78, 5) is 23.4. The summed E-state index contributed by atoms with van der Waals surface area (Å²) in [5.74, 6) is -0.936. The minimum absolute atomic E-state index is 0.115. The minimum Gasteiger partial charge on any atom is -0.463 e. The average molecular weight is 411 g/mol. The van der Waals surface area contributed by atoms with Gasteiger partial charge in [0.05, 0.1) is 12.7 Å². The van der Waals surface area contributed by atoms with Crippen LogP contribution in [-0.2, 0) is 19.1 Å². The molecule has 0 spiro atoms. The second-order valence-corrected chi connectivity index (χ2v) is 8.13. The van der Waals surface area contributed by atoms with Gasteiger partial charge in [-0.3, -0.25) is 0 Å².